The molecule has 2 atom stereocenters. The molecule has 28 heavy (non-hydrogen) atoms. The predicted octanol–water partition coefficient (Wildman–Crippen LogP) is 1.39. The molecule has 148 valence electrons. The highest BCUT2D eigenvalue weighted by Gasteiger charge is 2.36. The SMILES string of the molecule is Cc1nnc2n1CC(C(=O)O)N(CC(=O)N(C)C1CCCc3ccccc31)C2. The molecule has 2 aromatic rings. The second kappa shape index (κ2) is 7.35. The van der Waals surface area contributed by atoms with E-state index in [-0.39, 0.29) is 25.0 Å². The Morgan fingerprint density at radius 3 is 2.86 bits per heavy atom. The van der Waals surface area contributed by atoms with Crippen molar-refractivity contribution in [3.8, 4) is 0 Å². The number of benzene rings is 1. The molecule has 0 saturated heterocycles. The summed E-state index contributed by atoms with van der Waals surface area (Å²) in [5.74, 6) is 0.395. The van der Waals surface area contributed by atoms with Crippen molar-refractivity contribution in [1.29, 1.82) is 0 Å². The van der Waals surface area contributed by atoms with Gasteiger partial charge in [-0.05, 0) is 37.3 Å². The summed E-state index contributed by atoms with van der Waals surface area (Å²) in [6.45, 7) is 2.42. The van der Waals surface area contributed by atoms with E-state index in [2.05, 4.69) is 22.3 Å². The van der Waals surface area contributed by atoms with Crippen LogP contribution in [0.3, 0.4) is 0 Å². The number of nitrogens with zero attached hydrogens (tertiary/aromatic N) is 5. The first-order chi connectivity index (χ1) is 13.5. The van der Waals surface area contributed by atoms with E-state index >= 15 is 0 Å². The number of aromatic nitrogens is 3. The van der Waals surface area contributed by atoms with Gasteiger partial charge in [-0.15, -0.1) is 10.2 Å². The van der Waals surface area contributed by atoms with Crippen molar-refractivity contribution in [1.82, 2.24) is 24.6 Å². The largest absolute Gasteiger partial charge is 0.480 e. The highest BCUT2D eigenvalue weighted by Crippen LogP contribution is 2.33. The number of hydrogen-bond acceptors (Lipinski definition) is 5. The molecule has 4 rings (SSSR count). The molecule has 1 amide bonds. The van der Waals surface area contributed by atoms with Crippen LogP contribution < -0.4 is 0 Å². The zero-order chi connectivity index (χ0) is 19.8. The molecule has 0 fully saturated rings. The molecule has 0 radical (unpaired) electrons. The lowest BCUT2D eigenvalue weighted by Gasteiger charge is -2.37. The number of carbonyl (C=O) groups is 2. The van der Waals surface area contributed by atoms with E-state index in [1.807, 2.05) is 30.7 Å². The first kappa shape index (κ1) is 18.6. The molecular formula is C20H25N5O3. The molecule has 0 bridgehead atoms. The van der Waals surface area contributed by atoms with Crippen molar-refractivity contribution in [2.45, 2.75) is 51.4 Å². The minimum absolute atomic E-state index is 0.0383. The van der Waals surface area contributed by atoms with E-state index in [0.29, 0.717) is 18.2 Å². The van der Waals surface area contributed by atoms with Gasteiger partial charge in [0.1, 0.15) is 17.7 Å². The third-order valence-corrected chi connectivity index (χ3v) is 5.98. The molecule has 2 unspecified atom stereocenters. The van der Waals surface area contributed by atoms with Gasteiger partial charge in [-0.25, -0.2) is 0 Å². The number of aryl methyl sites for hydroxylation is 2. The predicted molar refractivity (Wildman–Crippen MR) is 101 cm³/mol. The van der Waals surface area contributed by atoms with Crippen LogP contribution in [-0.4, -0.2) is 61.2 Å². The summed E-state index contributed by atoms with van der Waals surface area (Å²) >= 11 is 0. The average molecular weight is 383 g/mol. The summed E-state index contributed by atoms with van der Waals surface area (Å²) in [6, 6.07) is 7.53. The lowest BCUT2D eigenvalue weighted by Crippen LogP contribution is -2.52. The van der Waals surface area contributed by atoms with Crippen molar-refractivity contribution in [2.75, 3.05) is 13.6 Å². The summed E-state index contributed by atoms with van der Waals surface area (Å²) < 4.78 is 1.82. The van der Waals surface area contributed by atoms with Crippen LogP contribution in [-0.2, 0) is 29.1 Å². The van der Waals surface area contributed by atoms with E-state index in [0.717, 1.165) is 19.3 Å². The number of likely N-dealkylation sites (N-methyl/N-ethyl adjacent to an activating group) is 1. The fourth-order valence-corrected chi connectivity index (χ4v) is 4.35. The zero-order valence-corrected chi connectivity index (χ0v) is 16.2. The fraction of sp³-hybridized carbons (Fsp3) is 0.500. The number of amides is 1. The number of fused-ring (bicyclic) bond motifs is 2. The maximum absolute atomic E-state index is 13.1. The molecule has 0 saturated carbocycles. The van der Waals surface area contributed by atoms with Gasteiger partial charge < -0.3 is 14.6 Å². The number of carbonyl (C=O) groups excluding carboxylic acids is 1. The Labute approximate surface area is 163 Å². The van der Waals surface area contributed by atoms with Crippen LogP contribution in [0.15, 0.2) is 24.3 Å². The van der Waals surface area contributed by atoms with Crippen molar-refractivity contribution >= 4 is 11.9 Å². The minimum atomic E-state index is -0.933. The standard InChI is InChI=1S/C20H25N5O3/c1-13-21-22-18-11-24(17(20(27)28)10-25(13)18)12-19(26)23(2)16-9-5-7-14-6-3-4-8-15(14)16/h3-4,6,8,16-17H,5,7,9-12H2,1-2H3,(H,27,28). The average Bonchev–Trinajstić information content (AvgIpc) is 3.06. The summed E-state index contributed by atoms with van der Waals surface area (Å²) in [7, 11) is 1.82. The Hall–Kier alpha value is -2.74. The Balaban J connectivity index is 1.52. The zero-order valence-electron chi connectivity index (χ0n) is 16.2. The third kappa shape index (κ3) is 3.28. The van der Waals surface area contributed by atoms with E-state index in [4.69, 9.17) is 0 Å². The van der Waals surface area contributed by atoms with E-state index in [1.54, 1.807) is 9.80 Å². The van der Waals surface area contributed by atoms with Gasteiger partial charge in [0.15, 0.2) is 0 Å². The highest BCUT2D eigenvalue weighted by atomic mass is 16.4. The van der Waals surface area contributed by atoms with Crippen molar-refractivity contribution in [2.24, 2.45) is 0 Å². The number of carboxylic acids is 1. The maximum atomic E-state index is 13.1. The van der Waals surface area contributed by atoms with Gasteiger partial charge in [0.05, 0.1) is 25.7 Å². The topological polar surface area (TPSA) is 91.6 Å². The molecule has 2 heterocycles. The third-order valence-electron chi connectivity index (χ3n) is 5.98. The van der Waals surface area contributed by atoms with E-state index in [1.165, 1.54) is 11.1 Å². The number of hydrogen-bond donors (Lipinski definition) is 1. The van der Waals surface area contributed by atoms with E-state index in [9.17, 15) is 14.7 Å². The monoisotopic (exact) mass is 383 g/mol. The summed E-state index contributed by atoms with van der Waals surface area (Å²) in [5, 5.41) is 17.8. The van der Waals surface area contributed by atoms with Crippen LogP contribution in [0, 0.1) is 6.92 Å². The molecule has 1 aliphatic heterocycles. The first-order valence-corrected chi connectivity index (χ1v) is 9.64. The number of aliphatic carboxylic acids is 1. The van der Waals surface area contributed by atoms with Crippen molar-refractivity contribution in [3.63, 3.8) is 0 Å². The molecule has 1 aromatic heterocycles. The normalized spacial score (nSPS) is 21.6. The molecule has 2 aliphatic rings. The van der Waals surface area contributed by atoms with Gasteiger partial charge in [-0.2, -0.15) is 0 Å². The smallest absolute Gasteiger partial charge is 0.322 e. The molecule has 8 nitrogen and oxygen atoms in total. The molecule has 0 spiro atoms. The highest BCUT2D eigenvalue weighted by molar-refractivity contribution is 5.80. The lowest BCUT2D eigenvalue weighted by molar-refractivity contribution is -0.147. The second-order valence-corrected chi connectivity index (χ2v) is 7.64. The lowest BCUT2D eigenvalue weighted by atomic mass is 9.87. The van der Waals surface area contributed by atoms with Crippen LogP contribution in [0.4, 0.5) is 0 Å². The molecular weight excluding hydrogens is 358 g/mol. The van der Waals surface area contributed by atoms with Gasteiger partial charge in [-0.3, -0.25) is 14.5 Å². The summed E-state index contributed by atoms with van der Waals surface area (Å²) in [4.78, 5) is 28.3. The van der Waals surface area contributed by atoms with Gasteiger partial charge in [-0.1, -0.05) is 24.3 Å². The van der Waals surface area contributed by atoms with Crippen LogP contribution in [0.2, 0.25) is 0 Å². The Bertz CT molecular complexity index is 909. The number of rotatable bonds is 4. The first-order valence-electron chi connectivity index (χ1n) is 9.64. The quantitative estimate of drug-likeness (QED) is 0.858. The van der Waals surface area contributed by atoms with E-state index < -0.39 is 12.0 Å². The van der Waals surface area contributed by atoms with Crippen LogP contribution >= 0.6 is 0 Å². The summed E-state index contributed by atoms with van der Waals surface area (Å²) in [6.07, 6.45) is 3.01. The van der Waals surface area contributed by atoms with Gasteiger partial charge in [0.2, 0.25) is 5.91 Å². The van der Waals surface area contributed by atoms with Gasteiger partial charge in [0, 0.05) is 7.05 Å². The van der Waals surface area contributed by atoms with Crippen LogP contribution in [0.5, 0.6) is 0 Å². The minimum Gasteiger partial charge on any atom is -0.480 e. The molecule has 1 aliphatic carbocycles. The fourth-order valence-electron chi connectivity index (χ4n) is 4.35. The molecule has 8 heteroatoms. The van der Waals surface area contributed by atoms with Gasteiger partial charge >= 0.3 is 5.97 Å². The Morgan fingerprint density at radius 1 is 1.29 bits per heavy atom. The molecule has 1 N–H and O–H groups in total. The maximum Gasteiger partial charge on any atom is 0.322 e. The van der Waals surface area contributed by atoms with Crippen molar-refractivity contribution < 1.29 is 14.7 Å². The van der Waals surface area contributed by atoms with Crippen LogP contribution in [0.25, 0.3) is 0 Å². The number of carboxylic acid groups (broad SMARTS) is 1. The van der Waals surface area contributed by atoms with Gasteiger partial charge in [0.25, 0.3) is 0 Å². The Kier molecular flexibility index (Phi) is 4.89. The molecule has 1 aromatic carbocycles. The Morgan fingerprint density at radius 2 is 2.07 bits per heavy atom. The summed E-state index contributed by atoms with van der Waals surface area (Å²) in [5.41, 5.74) is 2.50. The van der Waals surface area contributed by atoms with Crippen LogP contribution in [0.1, 0.15) is 41.7 Å². The van der Waals surface area contributed by atoms with Crippen molar-refractivity contribution in [3.05, 3.63) is 47.0 Å². The second-order valence-electron chi connectivity index (χ2n) is 7.64.